The number of hydrogen-bond donors (Lipinski definition) is 2. The van der Waals surface area contributed by atoms with Gasteiger partial charge in [-0.3, -0.25) is 4.57 Å². The highest BCUT2D eigenvalue weighted by atomic mass is 19.3. The number of aromatic nitrogens is 1. The molecule has 25 heavy (non-hydrogen) atoms. The lowest BCUT2D eigenvalue weighted by molar-refractivity contribution is 0.00827. The molecule has 2 N–H and O–H groups in total. The fraction of sp³-hybridized carbons (Fsp3) is 0.471. The van der Waals surface area contributed by atoms with Crippen molar-refractivity contribution in [1.29, 1.82) is 0 Å². The van der Waals surface area contributed by atoms with E-state index in [4.69, 9.17) is 0 Å². The molecule has 136 valence electrons. The van der Waals surface area contributed by atoms with Crippen LogP contribution in [0, 0.1) is 0 Å². The van der Waals surface area contributed by atoms with Gasteiger partial charge in [-0.25, -0.2) is 18.0 Å². The first-order valence-electron chi connectivity index (χ1n) is 8.13. The van der Waals surface area contributed by atoms with Crippen LogP contribution in [0.4, 0.5) is 18.9 Å². The van der Waals surface area contributed by atoms with Crippen LogP contribution < -0.4 is 5.32 Å². The van der Waals surface area contributed by atoms with Gasteiger partial charge in [-0.2, -0.15) is 0 Å². The number of piperidine rings is 1. The normalized spacial score (nSPS) is 18.0. The van der Waals surface area contributed by atoms with E-state index in [1.54, 1.807) is 12.1 Å². The Labute approximate surface area is 143 Å². The summed E-state index contributed by atoms with van der Waals surface area (Å²) >= 11 is 0. The second kappa shape index (κ2) is 6.95. The minimum absolute atomic E-state index is 0.142. The zero-order chi connectivity index (χ0) is 18.1. The highest BCUT2D eigenvalue weighted by Crippen LogP contribution is 2.33. The van der Waals surface area contributed by atoms with Crippen LogP contribution in [0.2, 0.25) is 0 Å². The number of nitrogens with one attached hydrogen (secondary N) is 1. The molecule has 1 aromatic heterocycles. The molecule has 0 spiro atoms. The Morgan fingerprint density at radius 1 is 1.28 bits per heavy atom. The van der Waals surface area contributed by atoms with Crippen LogP contribution in [0.3, 0.4) is 0 Å². The average molecular weight is 355 g/mol. The molecule has 1 fully saturated rings. The molecule has 1 saturated heterocycles. The predicted octanol–water partition coefficient (Wildman–Crippen LogP) is 3.58. The van der Waals surface area contributed by atoms with E-state index < -0.39 is 24.4 Å². The molecule has 5 nitrogen and oxygen atoms in total. The number of rotatable bonds is 5. The number of halogens is 3. The molecule has 2 aromatic rings. The first-order chi connectivity index (χ1) is 11.9. The van der Waals surface area contributed by atoms with Crippen LogP contribution in [0.25, 0.3) is 10.9 Å². The summed E-state index contributed by atoms with van der Waals surface area (Å²) < 4.78 is 40.3. The number of fused-ring (bicyclic) bond motifs is 1. The van der Waals surface area contributed by atoms with Gasteiger partial charge in [-0.15, -0.1) is 0 Å². The summed E-state index contributed by atoms with van der Waals surface area (Å²) in [6.07, 6.45) is -4.18. The van der Waals surface area contributed by atoms with Gasteiger partial charge in [0.2, 0.25) is 6.30 Å². The van der Waals surface area contributed by atoms with Crippen LogP contribution in [-0.2, 0) is 0 Å². The van der Waals surface area contributed by atoms with Gasteiger partial charge >= 0.3 is 5.97 Å². The quantitative estimate of drug-likeness (QED) is 0.861. The maximum atomic E-state index is 14.0. The number of carbonyl (C=O) groups is 1. The number of carboxylic acid groups (broad SMARTS) is 1. The van der Waals surface area contributed by atoms with E-state index in [2.05, 4.69) is 10.2 Å². The Balaban J connectivity index is 2.01. The monoisotopic (exact) mass is 355 g/mol. The Hall–Kier alpha value is -2.22. The summed E-state index contributed by atoms with van der Waals surface area (Å²) in [5.74, 6) is -1.44. The highest BCUT2D eigenvalue weighted by Gasteiger charge is 2.29. The zero-order valence-electron chi connectivity index (χ0n) is 13.8. The molecule has 1 unspecified atom stereocenters. The van der Waals surface area contributed by atoms with E-state index in [0.717, 1.165) is 25.9 Å². The molecule has 0 radical (unpaired) electrons. The summed E-state index contributed by atoms with van der Waals surface area (Å²) in [4.78, 5) is 13.6. The second-order valence-electron chi connectivity index (χ2n) is 6.37. The van der Waals surface area contributed by atoms with Gasteiger partial charge in [-0.1, -0.05) is 6.07 Å². The fourth-order valence-electron chi connectivity index (χ4n) is 3.29. The standard InChI is InChI=1S/C17H20F3N3O2/c1-22-7-5-10(6-8-22)21-12-3-2-4-13-11(12)9-14(17(24)25)23(13)16(20)15(18)19/h2-4,9-10,15-16,21H,5-8H2,1H3,(H,24,25). The molecule has 0 saturated carbocycles. The number of carboxylic acids is 1. The molecule has 2 heterocycles. The van der Waals surface area contributed by atoms with Crippen LogP contribution in [0.1, 0.15) is 29.6 Å². The van der Waals surface area contributed by atoms with Crippen molar-refractivity contribution < 1.29 is 23.1 Å². The van der Waals surface area contributed by atoms with E-state index >= 15 is 0 Å². The van der Waals surface area contributed by atoms with Gasteiger partial charge in [0.25, 0.3) is 6.43 Å². The SMILES string of the molecule is CN1CCC(Nc2cccc3c2cc(C(=O)O)n3C(F)C(F)F)CC1. The molecule has 1 aromatic carbocycles. The number of benzene rings is 1. The Bertz CT molecular complexity index is 770. The van der Waals surface area contributed by atoms with Crippen molar-refractivity contribution >= 4 is 22.6 Å². The van der Waals surface area contributed by atoms with Crippen molar-refractivity contribution in [3.63, 3.8) is 0 Å². The number of nitrogens with zero attached hydrogens (tertiary/aromatic N) is 2. The van der Waals surface area contributed by atoms with Crippen molar-refractivity contribution in [2.24, 2.45) is 0 Å². The molecule has 1 aliphatic rings. The van der Waals surface area contributed by atoms with E-state index in [1.165, 1.54) is 12.1 Å². The van der Waals surface area contributed by atoms with E-state index in [0.29, 0.717) is 15.6 Å². The van der Waals surface area contributed by atoms with Gasteiger partial charge in [0.15, 0.2) is 0 Å². The lowest BCUT2D eigenvalue weighted by Gasteiger charge is -2.30. The third kappa shape index (κ3) is 3.44. The summed E-state index contributed by atoms with van der Waals surface area (Å²) in [5.41, 5.74) is 0.290. The second-order valence-corrected chi connectivity index (χ2v) is 6.37. The Morgan fingerprint density at radius 3 is 2.56 bits per heavy atom. The minimum atomic E-state index is -3.31. The van der Waals surface area contributed by atoms with E-state index in [9.17, 15) is 23.1 Å². The topological polar surface area (TPSA) is 57.5 Å². The molecule has 0 amide bonds. The number of likely N-dealkylation sites (tertiary alicyclic amines) is 1. The lowest BCUT2D eigenvalue weighted by atomic mass is 10.0. The zero-order valence-corrected chi connectivity index (χ0v) is 13.8. The van der Waals surface area contributed by atoms with E-state index in [-0.39, 0.29) is 11.6 Å². The Morgan fingerprint density at radius 2 is 1.96 bits per heavy atom. The molecule has 8 heteroatoms. The largest absolute Gasteiger partial charge is 0.477 e. The predicted molar refractivity (Wildman–Crippen MR) is 89.2 cm³/mol. The molecular formula is C17H20F3N3O2. The number of alkyl halides is 3. The fourth-order valence-corrected chi connectivity index (χ4v) is 3.29. The van der Waals surface area contributed by atoms with Crippen LogP contribution >= 0.6 is 0 Å². The molecule has 1 atom stereocenters. The molecule has 3 rings (SSSR count). The smallest absolute Gasteiger partial charge is 0.352 e. The maximum Gasteiger partial charge on any atom is 0.352 e. The number of aromatic carboxylic acids is 1. The van der Waals surface area contributed by atoms with Gasteiger partial charge in [0.1, 0.15) is 5.69 Å². The van der Waals surface area contributed by atoms with Crippen molar-refractivity contribution in [2.75, 3.05) is 25.5 Å². The first-order valence-corrected chi connectivity index (χ1v) is 8.13. The van der Waals surface area contributed by atoms with Crippen molar-refractivity contribution in [1.82, 2.24) is 9.47 Å². The number of hydrogen-bond acceptors (Lipinski definition) is 3. The molecule has 0 bridgehead atoms. The summed E-state index contributed by atoms with van der Waals surface area (Å²) in [6.45, 7) is 1.87. The highest BCUT2D eigenvalue weighted by molar-refractivity contribution is 6.00. The third-order valence-electron chi connectivity index (χ3n) is 4.64. The summed E-state index contributed by atoms with van der Waals surface area (Å²) in [7, 11) is 2.04. The summed E-state index contributed by atoms with van der Waals surface area (Å²) in [6, 6.07) is 6.28. The molecule has 0 aliphatic carbocycles. The lowest BCUT2D eigenvalue weighted by Crippen LogP contribution is -2.36. The Kier molecular flexibility index (Phi) is 4.89. The van der Waals surface area contributed by atoms with E-state index in [1.807, 2.05) is 7.05 Å². The van der Waals surface area contributed by atoms with Crippen molar-refractivity contribution in [3.8, 4) is 0 Å². The van der Waals surface area contributed by atoms with Gasteiger partial charge in [0.05, 0.1) is 5.52 Å². The minimum Gasteiger partial charge on any atom is -0.477 e. The van der Waals surface area contributed by atoms with Crippen molar-refractivity contribution in [3.05, 3.63) is 30.0 Å². The third-order valence-corrected chi connectivity index (χ3v) is 4.64. The number of anilines is 1. The van der Waals surface area contributed by atoms with Crippen molar-refractivity contribution in [2.45, 2.75) is 31.6 Å². The van der Waals surface area contributed by atoms with Gasteiger partial charge < -0.3 is 15.3 Å². The molecule has 1 aliphatic heterocycles. The van der Waals surface area contributed by atoms with Crippen LogP contribution in [0.5, 0.6) is 0 Å². The summed E-state index contributed by atoms with van der Waals surface area (Å²) in [5, 5.41) is 13.1. The van der Waals surface area contributed by atoms with Gasteiger partial charge in [0, 0.05) is 17.1 Å². The average Bonchev–Trinajstić information content (AvgIpc) is 2.97. The van der Waals surface area contributed by atoms with Gasteiger partial charge in [-0.05, 0) is 51.2 Å². The van der Waals surface area contributed by atoms with Crippen LogP contribution in [0.15, 0.2) is 24.3 Å². The molecular weight excluding hydrogens is 335 g/mol. The van der Waals surface area contributed by atoms with Crippen LogP contribution in [-0.4, -0.2) is 53.1 Å². The first kappa shape index (κ1) is 17.6. The maximum absolute atomic E-state index is 14.0.